The van der Waals surface area contributed by atoms with E-state index in [1.165, 1.54) is 34.4 Å². The molecule has 0 fully saturated rings. The zero-order chi connectivity index (χ0) is 17.6. The van der Waals surface area contributed by atoms with Gasteiger partial charge in [0.05, 0.1) is 10.4 Å². The van der Waals surface area contributed by atoms with E-state index < -0.39 is 11.7 Å². The number of thiophene rings is 1. The Bertz CT molecular complexity index is 1060. The van der Waals surface area contributed by atoms with Gasteiger partial charge in [0.15, 0.2) is 0 Å². The fourth-order valence-electron chi connectivity index (χ4n) is 3.03. The molecule has 2 N–H and O–H groups in total. The number of nitrogens with zero attached hydrogens (tertiary/aromatic N) is 1. The number of nitrogens with one attached hydrogen (secondary N) is 2. The first-order valence-corrected chi connectivity index (χ1v) is 8.99. The van der Waals surface area contributed by atoms with Gasteiger partial charge in [-0.05, 0) is 42.5 Å². The average molecular weight is 378 g/mol. The summed E-state index contributed by atoms with van der Waals surface area (Å²) >= 11 is 7.20. The molecule has 0 radical (unpaired) electrons. The van der Waals surface area contributed by atoms with Crippen molar-refractivity contribution in [2.45, 2.75) is 25.8 Å². The van der Waals surface area contributed by atoms with Crippen LogP contribution in [0.25, 0.3) is 10.2 Å². The fraction of sp³-hybridized carbons (Fsp3) is 0.235. The number of benzene rings is 1. The molecule has 1 aliphatic rings. The van der Waals surface area contributed by atoms with Gasteiger partial charge in [0.2, 0.25) is 5.82 Å². The minimum Gasteiger partial charge on any atom is -0.345 e. The molecule has 1 aromatic carbocycles. The number of rotatable bonds is 3. The number of aromatic amines is 1. The molecule has 5 nitrogen and oxygen atoms in total. The van der Waals surface area contributed by atoms with Crippen molar-refractivity contribution in [3.8, 4) is 0 Å². The maximum Gasteiger partial charge on any atom is 0.287 e. The second-order valence-corrected chi connectivity index (χ2v) is 7.37. The molecule has 1 amide bonds. The van der Waals surface area contributed by atoms with Crippen LogP contribution in [0, 0.1) is 5.82 Å². The maximum atomic E-state index is 13.2. The SMILES string of the molecule is O=C(NCc1ccc(F)c(Cl)c1)c1nc2sc3c(c2c(=O)[nH]1)CCC3. The normalized spacial score (nSPS) is 13.2. The highest BCUT2D eigenvalue weighted by Gasteiger charge is 2.22. The quantitative estimate of drug-likeness (QED) is 0.736. The maximum absolute atomic E-state index is 13.2. The van der Waals surface area contributed by atoms with Gasteiger partial charge >= 0.3 is 0 Å². The van der Waals surface area contributed by atoms with Crippen LogP contribution in [0.15, 0.2) is 23.0 Å². The molecule has 0 spiro atoms. The molecule has 0 saturated carbocycles. The molecule has 0 atom stereocenters. The van der Waals surface area contributed by atoms with Crippen molar-refractivity contribution in [2.24, 2.45) is 0 Å². The summed E-state index contributed by atoms with van der Waals surface area (Å²) in [5.74, 6) is -1.03. The van der Waals surface area contributed by atoms with Crippen LogP contribution in [0.3, 0.4) is 0 Å². The third-order valence-electron chi connectivity index (χ3n) is 4.23. The molecule has 0 saturated heterocycles. The van der Waals surface area contributed by atoms with Crippen LogP contribution in [-0.4, -0.2) is 15.9 Å². The predicted molar refractivity (Wildman–Crippen MR) is 94.8 cm³/mol. The van der Waals surface area contributed by atoms with Gasteiger partial charge in [-0.1, -0.05) is 17.7 Å². The third kappa shape index (κ3) is 2.94. The lowest BCUT2D eigenvalue weighted by Gasteiger charge is -2.06. The molecular weight excluding hydrogens is 365 g/mol. The number of aromatic nitrogens is 2. The van der Waals surface area contributed by atoms with E-state index in [-0.39, 0.29) is 23.0 Å². The van der Waals surface area contributed by atoms with Crippen LogP contribution in [0.5, 0.6) is 0 Å². The first-order valence-electron chi connectivity index (χ1n) is 7.79. The summed E-state index contributed by atoms with van der Waals surface area (Å²) in [7, 11) is 0. The van der Waals surface area contributed by atoms with E-state index in [0.29, 0.717) is 15.8 Å². The smallest absolute Gasteiger partial charge is 0.287 e. The molecule has 2 heterocycles. The first-order chi connectivity index (χ1) is 12.0. The highest BCUT2D eigenvalue weighted by atomic mass is 35.5. The molecule has 2 aromatic heterocycles. The zero-order valence-electron chi connectivity index (χ0n) is 13.0. The van der Waals surface area contributed by atoms with Crippen LogP contribution in [0.4, 0.5) is 4.39 Å². The van der Waals surface area contributed by atoms with Crippen LogP contribution in [0.1, 0.15) is 33.0 Å². The Hall–Kier alpha value is -2.25. The van der Waals surface area contributed by atoms with E-state index in [9.17, 15) is 14.0 Å². The average Bonchev–Trinajstić information content (AvgIpc) is 3.16. The van der Waals surface area contributed by atoms with Gasteiger partial charge in [-0.3, -0.25) is 9.59 Å². The lowest BCUT2D eigenvalue weighted by Crippen LogP contribution is -2.27. The highest BCUT2D eigenvalue weighted by molar-refractivity contribution is 7.18. The van der Waals surface area contributed by atoms with Crippen molar-refractivity contribution in [1.82, 2.24) is 15.3 Å². The molecule has 25 heavy (non-hydrogen) atoms. The number of aryl methyl sites for hydroxylation is 2. The topological polar surface area (TPSA) is 74.8 Å². The summed E-state index contributed by atoms with van der Waals surface area (Å²) in [6.45, 7) is 0.154. The second-order valence-electron chi connectivity index (χ2n) is 5.88. The van der Waals surface area contributed by atoms with Crippen molar-refractivity contribution in [2.75, 3.05) is 0 Å². The van der Waals surface area contributed by atoms with E-state index in [1.54, 1.807) is 0 Å². The fourth-order valence-corrected chi connectivity index (χ4v) is 4.49. The molecule has 8 heteroatoms. The number of amides is 1. The second kappa shape index (κ2) is 6.24. The van der Waals surface area contributed by atoms with Gasteiger partial charge < -0.3 is 10.3 Å². The van der Waals surface area contributed by atoms with Crippen LogP contribution in [-0.2, 0) is 19.4 Å². The standard InChI is InChI=1S/C17H13ClFN3O2S/c18-10-6-8(4-5-11(10)19)7-20-16(24)14-21-15(23)13-9-2-1-3-12(9)25-17(13)22-14/h4-6H,1-3,7H2,(H,20,24)(H,21,22,23). The van der Waals surface area contributed by atoms with Crippen molar-refractivity contribution >= 4 is 39.1 Å². The molecule has 4 rings (SSSR count). The minimum atomic E-state index is -0.515. The molecule has 0 aliphatic heterocycles. The lowest BCUT2D eigenvalue weighted by molar-refractivity contribution is 0.0940. The van der Waals surface area contributed by atoms with Gasteiger partial charge in [0, 0.05) is 11.4 Å². The monoisotopic (exact) mass is 377 g/mol. The Morgan fingerprint density at radius 3 is 3.04 bits per heavy atom. The number of carbonyl (C=O) groups is 1. The van der Waals surface area contributed by atoms with Crippen molar-refractivity contribution < 1.29 is 9.18 Å². The molecule has 3 aromatic rings. The van der Waals surface area contributed by atoms with Crippen molar-refractivity contribution in [1.29, 1.82) is 0 Å². The summed E-state index contributed by atoms with van der Waals surface area (Å²) in [6, 6.07) is 4.22. The van der Waals surface area contributed by atoms with Crippen molar-refractivity contribution in [3.05, 3.63) is 61.2 Å². The number of H-pyrrole nitrogens is 1. The highest BCUT2D eigenvalue weighted by Crippen LogP contribution is 2.34. The number of carbonyl (C=O) groups excluding carboxylic acids is 1. The zero-order valence-corrected chi connectivity index (χ0v) is 14.6. The number of halogens is 2. The summed E-state index contributed by atoms with van der Waals surface area (Å²) in [6.07, 6.45) is 2.90. The minimum absolute atomic E-state index is 0.00667. The number of hydrogen-bond donors (Lipinski definition) is 2. The largest absolute Gasteiger partial charge is 0.345 e. The molecule has 128 valence electrons. The number of hydrogen-bond acceptors (Lipinski definition) is 4. The number of fused-ring (bicyclic) bond motifs is 3. The summed E-state index contributed by atoms with van der Waals surface area (Å²) in [4.78, 5) is 33.3. The van der Waals surface area contributed by atoms with Gasteiger partial charge in [0.25, 0.3) is 11.5 Å². The Kier molecular flexibility index (Phi) is 4.05. The first kappa shape index (κ1) is 16.2. The molecule has 1 aliphatic carbocycles. The molecular formula is C17H13ClFN3O2S. The van der Waals surface area contributed by atoms with Gasteiger partial charge in [0.1, 0.15) is 10.6 Å². The summed E-state index contributed by atoms with van der Waals surface area (Å²) < 4.78 is 13.2. The van der Waals surface area contributed by atoms with E-state index in [2.05, 4.69) is 15.3 Å². The van der Waals surface area contributed by atoms with Gasteiger partial charge in [-0.15, -0.1) is 11.3 Å². The Balaban J connectivity index is 1.58. The van der Waals surface area contributed by atoms with E-state index in [1.807, 2.05) is 0 Å². The van der Waals surface area contributed by atoms with Crippen LogP contribution >= 0.6 is 22.9 Å². The molecule has 0 unspecified atom stereocenters. The Morgan fingerprint density at radius 1 is 1.40 bits per heavy atom. The predicted octanol–water partition coefficient (Wildman–Crippen LogP) is 3.20. The summed E-state index contributed by atoms with van der Waals surface area (Å²) in [5.41, 5.74) is 1.44. The Morgan fingerprint density at radius 2 is 2.24 bits per heavy atom. The molecule has 0 bridgehead atoms. The summed E-state index contributed by atoms with van der Waals surface area (Å²) in [5, 5.41) is 3.26. The lowest BCUT2D eigenvalue weighted by atomic mass is 10.2. The van der Waals surface area contributed by atoms with E-state index in [4.69, 9.17) is 11.6 Å². The van der Waals surface area contributed by atoms with E-state index >= 15 is 0 Å². The van der Waals surface area contributed by atoms with Gasteiger partial charge in [-0.2, -0.15) is 0 Å². The van der Waals surface area contributed by atoms with Crippen LogP contribution < -0.4 is 10.9 Å². The van der Waals surface area contributed by atoms with E-state index in [0.717, 1.165) is 24.8 Å². The van der Waals surface area contributed by atoms with Crippen molar-refractivity contribution in [3.63, 3.8) is 0 Å². The third-order valence-corrected chi connectivity index (χ3v) is 5.70. The Labute approximate surface area is 150 Å². The van der Waals surface area contributed by atoms with Gasteiger partial charge in [-0.25, -0.2) is 9.37 Å². The van der Waals surface area contributed by atoms with Crippen LogP contribution in [0.2, 0.25) is 5.02 Å².